The molecule has 242 valence electrons. The van der Waals surface area contributed by atoms with Crippen LogP contribution in [0, 0.1) is 56.2 Å². The van der Waals surface area contributed by atoms with Gasteiger partial charge in [-0.3, -0.25) is 9.59 Å². The van der Waals surface area contributed by atoms with Gasteiger partial charge in [0.15, 0.2) is 0 Å². The molecule has 9 atom stereocenters. The van der Waals surface area contributed by atoms with Gasteiger partial charge in [0.25, 0.3) is 0 Å². The summed E-state index contributed by atoms with van der Waals surface area (Å²) >= 11 is 0. The summed E-state index contributed by atoms with van der Waals surface area (Å²) in [6, 6.07) is 0. The third kappa shape index (κ3) is 4.71. The molecule has 5 aliphatic rings. The van der Waals surface area contributed by atoms with Gasteiger partial charge >= 0.3 is 17.9 Å². The van der Waals surface area contributed by atoms with Crippen molar-refractivity contribution in [2.45, 2.75) is 139 Å². The van der Waals surface area contributed by atoms with Crippen LogP contribution in [0.5, 0.6) is 0 Å². The van der Waals surface area contributed by atoms with Crippen molar-refractivity contribution in [1.29, 1.82) is 0 Å². The molecule has 0 saturated heterocycles. The number of hydrogen-bond acceptors (Lipinski definition) is 7. The predicted molar refractivity (Wildman–Crippen MR) is 166 cm³/mol. The number of hydrogen-bond donors (Lipinski definition) is 0. The summed E-state index contributed by atoms with van der Waals surface area (Å²) in [4.78, 5) is 43.9. The zero-order chi connectivity index (χ0) is 31.8. The number of rotatable bonds is 4. The van der Waals surface area contributed by atoms with E-state index in [0.29, 0.717) is 11.8 Å². The van der Waals surface area contributed by atoms with E-state index >= 15 is 0 Å². The van der Waals surface area contributed by atoms with E-state index in [-0.39, 0.29) is 69.3 Å². The topological polar surface area (TPSA) is 91.3 Å². The van der Waals surface area contributed by atoms with Gasteiger partial charge < -0.3 is 14.3 Å². The van der Waals surface area contributed by atoms with E-state index in [0.717, 1.165) is 69.9 Å². The first-order valence-corrected chi connectivity index (χ1v) is 16.9. The molecule has 0 aromatic heterocycles. The number of carbonyl (C=O) groups excluding carboxylic acids is 3. The minimum Gasteiger partial charge on any atom is -0.469 e. The van der Waals surface area contributed by atoms with E-state index in [4.69, 9.17) is 19.5 Å². The highest BCUT2D eigenvalue weighted by Gasteiger charge is 2.73. The molecule has 7 nitrogen and oxygen atoms in total. The average molecular weight is 600 g/mol. The summed E-state index contributed by atoms with van der Waals surface area (Å²) in [7, 11) is 1.54. The zero-order valence-electron chi connectivity index (χ0n) is 28.6. The molecule has 5 fully saturated rings. The Bertz CT molecular complexity index is 1190. The Morgan fingerprint density at radius 1 is 0.860 bits per heavy atom. The molecule has 0 aromatic carbocycles. The van der Waals surface area contributed by atoms with Crippen LogP contribution in [0.25, 0.3) is 0 Å². The van der Waals surface area contributed by atoms with Crippen LogP contribution in [-0.2, 0) is 28.7 Å². The van der Waals surface area contributed by atoms with Gasteiger partial charge in [-0.1, -0.05) is 60.5 Å². The smallest absolute Gasteiger partial charge is 0.334 e. The molecular formula is C36H57NO6. The maximum Gasteiger partial charge on any atom is 0.334 e. The SMILES string of the molecule is CCC(=O)O/N=C1\C[C@@H]2[C@@]3(C)CC[C@H](OC(C)=O)C(C)(C)[C@@H]3CC[C@@]2(C)[C@]2(C)CC[C@@]3(C(=O)OC)CCC(C)(C)C[C@H]3[C@@H]12. The molecule has 0 spiro atoms. The molecule has 0 aromatic rings. The summed E-state index contributed by atoms with van der Waals surface area (Å²) in [6.07, 6.45) is 9.49. The second kappa shape index (κ2) is 10.6. The Morgan fingerprint density at radius 2 is 1.53 bits per heavy atom. The second-order valence-electron chi connectivity index (χ2n) is 17.1. The van der Waals surface area contributed by atoms with Crippen LogP contribution < -0.4 is 0 Å². The maximum atomic E-state index is 13.7. The molecule has 0 aliphatic heterocycles. The number of nitrogens with zero attached hydrogens (tertiary/aromatic N) is 1. The summed E-state index contributed by atoms with van der Waals surface area (Å²) in [5.41, 5.74) is 0.316. The number of ether oxygens (including phenoxy) is 2. The van der Waals surface area contributed by atoms with Crippen molar-refractivity contribution in [3.63, 3.8) is 0 Å². The van der Waals surface area contributed by atoms with Crippen molar-refractivity contribution in [2.75, 3.05) is 7.11 Å². The standard InChI is InChI=1S/C36H57NO6/c1-11-28(39)43-37-24-20-26-33(7)14-13-27(42-22(2)38)32(5,6)25(33)12-15-34(26,8)35(9)17-19-36(30(40)41-10)18-16-31(3,4)21-23(36)29(24)35/h23,25-27,29H,11-21H2,1-10H3/b37-24+/t23-,25-,26+,27-,29-,33-,34+,35+,36-/m0/s1. The van der Waals surface area contributed by atoms with Gasteiger partial charge in [-0.2, -0.15) is 0 Å². The van der Waals surface area contributed by atoms with Gasteiger partial charge in [0, 0.05) is 24.7 Å². The third-order valence-electron chi connectivity index (χ3n) is 14.4. The molecule has 5 aliphatic carbocycles. The minimum absolute atomic E-state index is 0.0133. The van der Waals surface area contributed by atoms with Gasteiger partial charge in [0.2, 0.25) is 0 Å². The lowest BCUT2D eigenvalue weighted by atomic mass is 9.31. The molecule has 0 bridgehead atoms. The highest BCUT2D eigenvalue weighted by molar-refractivity contribution is 5.91. The Balaban J connectivity index is 1.64. The van der Waals surface area contributed by atoms with Crippen LogP contribution >= 0.6 is 0 Å². The van der Waals surface area contributed by atoms with Crippen LogP contribution in [0.1, 0.15) is 133 Å². The quantitative estimate of drug-likeness (QED) is 0.185. The minimum atomic E-state index is -0.529. The number of esters is 2. The van der Waals surface area contributed by atoms with Crippen molar-refractivity contribution in [2.24, 2.45) is 61.3 Å². The number of carbonyl (C=O) groups is 3. The maximum absolute atomic E-state index is 13.7. The van der Waals surface area contributed by atoms with E-state index in [2.05, 4.69) is 48.5 Å². The van der Waals surface area contributed by atoms with Crippen molar-refractivity contribution in [3.8, 4) is 0 Å². The van der Waals surface area contributed by atoms with Crippen molar-refractivity contribution in [1.82, 2.24) is 0 Å². The Hall–Kier alpha value is -1.92. The second-order valence-corrected chi connectivity index (χ2v) is 17.1. The van der Waals surface area contributed by atoms with Crippen molar-refractivity contribution < 1.29 is 28.7 Å². The van der Waals surface area contributed by atoms with Crippen LogP contribution in [0.3, 0.4) is 0 Å². The Kier molecular flexibility index (Phi) is 7.99. The number of fused-ring (bicyclic) bond motifs is 7. The zero-order valence-corrected chi connectivity index (χ0v) is 28.6. The fraction of sp³-hybridized carbons (Fsp3) is 0.889. The summed E-state index contributed by atoms with van der Waals surface area (Å²) in [5, 5.41) is 4.77. The van der Waals surface area contributed by atoms with Gasteiger partial charge in [0.05, 0.1) is 18.2 Å². The van der Waals surface area contributed by atoms with Crippen molar-refractivity contribution >= 4 is 23.6 Å². The fourth-order valence-corrected chi connectivity index (χ4v) is 12.0. The van der Waals surface area contributed by atoms with E-state index < -0.39 is 5.41 Å². The number of oxime groups is 1. The largest absolute Gasteiger partial charge is 0.469 e. The Morgan fingerprint density at radius 3 is 2.16 bits per heavy atom. The van der Waals surface area contributed by atoms with E-state index in [9.17, 15) is 14.4 Å². The predicted octanol–water partition coefficient (Wildman–Crippen LogP) is 7.89. The monoisotopic (exact) mass is 599 g/mol. The number of methoxy groups -OCH3 is 1. The molecule has 43 heavy (non-hydrogen) atoms. The van der Waals surface area contributed by atoms with Crippen LogP contribution in [0.4, 0.5) is 0 Å². The van der Waals surface area contributed by atoms with Gasteiger partial charge in [-0.15, -0.1) is 0 Å². The van der Waals surface area contributed by atoms with Gasteiger partial charge in [-0.25, -0.2) is 4.79 Å². The van der Waals surface area contributed by atoms with Crippen molar-refractivity contribution in [3.05, 3.63) is 0 Å². The third-order valence-corrected chi connectivity index (χ3v) is 14.4. The highest BCUT2D eigenvalue weighted by atomic mass is 16.7. The lowest BCUT2D eigenvalue weighted by molar-refractivity contribution is -0.235. The molecule has 5 rings (SSSR count). The average Bonchev–Trinajstić information content (AvgIpc) is 2.93. The molecule has 0 radical (unpaired) electrons. The highest BCUT2D eigenvalue weighted by Crippen LogP contribution is 2.76. The first kappa shape index (κ1) is 32.5. The van der Waals surface area contributed by atoms with Crippen LogP contribution in [0.15, 0.2) is 5.16 Å². The molecule has 0 heterocycles. The first-order chi connectivity index (χ1) is 19.9. The molecule has 0 unspecified atom stereocenters. The van der Waals surface area contributed by atoms with Crippen LogP contribution in [-0.4, -0.2) is 36.8 Å². The van der Waals surface area contributed by atoms with E-state index in [1.807, 2.05) is 0 Å². The lowest BCUT2D eigenvalue weighted by Gasteiger charge is -2.73. The fourth-order valence-electron chi connectivity index (χ4n) is 12.0. The molecule has 0 N–H and O–H groups in total. The molecule has 0 amide bonds. The summed E-state index contributed by atoms with van der Waals surface area (Å²) in [5.74, 6) is 0.248. The molecular weight excluding hydrogens is 542 g/mol. The van der Waals surface area contributed by atoms with E-state index in [1.165, 1.54) is 14.0 Å². The first-order valence-electron chi connectivity index (χ1n) is 16.9. The van der Waals surface area contributed by atoms with E-state index in [1.54, 1.807) is 6.92 Å². The van der Waals surface area contributed by atoms with Gasteiger partial charge in [-0.05, 0) is 104 Å². The molecule has 7 heteroatoms. The summed E-state index contributed by atoms with van der Waals surface area (Å²) < 4.78 is 11.5. The summed E-state index contributed by atoms with van der Waals surface area (Å²) in [6.45, 7) is 20.1. The van der Waals surface area contributed by atoms with Crippen LogP contribution in [0.2, 0.25) is 0 Å². The molecule has 5 saturated carbocycles. The normalized spacial score (nSPS) is 45.4. The van der Waals surface area contributed by atoms with Gasteiger partial charge in [0.1, 0.15) is 6.10 Å². The Labute approximate surface area is 259 Å². The lowest BCUT2D eigenvalue weighted by Crippen LogP contribution is -2.70.